The molecule has 4 heteroatoms. The molecule has 0 spiro atoms. The van der Waals surface area contributed by atoms with Gasteiger partial charge in [-0.25, -0.2) is 0 Å². The van der Waals surface area contributed by atoms with E-state index in [1.807, 2.05) is 11.7 Å². The molecule has 86 valence electrons. The number of aryl methyl sites for hydroxylation is 2. The zero-order valence-corrected chi connectivity index (χ0v) is 9.88. The molecule has 0 aliphatic rings. The summed E-state index contributed by atoms with van der Waals surface area (Å²) in [4.78, 5) is 0. The molecular formula is C11H21N3O. The van der Waals surface area contributed by atoms with Gasteiger partial charge in [0.25, 0.3) is 0 Å². The predicted octanol–water partition coefficient (Wildman–Crippen LogP) is 0.627. The Balaban J connectivity index is 2.81. The molecule has 1 heterocycles. The molecule has 15 heavy (non-hydrogen) atoms. The van der Waals surface area contributed by atoms with Crippen LogP contribution in [0.4, 0.5) is 0 Å². The molecule has 0 bridgehead atoms. The lowest BCUT2D eigenvalue weighted by Crippen LogP contribution is -2.19. The average Bonchev–Trinajstić information content (AvgIpc) is 2.55. The first-order valence-corrected chi connectivity index (χ1v) is 5.59. The van der Waals surface area contributed by atoms with Gasteiger partial charge in [-0.15, -0.1) is 0 Å². The first-order valence-electron chi connectivity index (χ1n) is 5.59. The van der Waals surface area contributed by atoms with E-state index in [0.717, 1.165) is 19.4 Å². The topological polar surface area (TPSA) is 50.1 Å². The monoisotopic (exact) mass is 211 g/mol. The van der Waals surface area contributed by atoms with Crippen LogP contribution in [-0.4, -0.2) is 28.0 Å². The van der Waals surface area contributed by atoms with Crippen LogP contribution in [0.3, 0.4) is 0 Å². The van der Waals surface area contributed by atoms with Crippen molar-refractivity contribution in [3.8, 4) is 0 Å². The first-order chi connectivity index (χ1) is 7.24. The summed E-state index contributed by atoms with van der Waals surface area (Å²) >= 11 is 0. The van der Waals surface area contributed by atoms with Crippen LogP contribution in [0.15, 0.2) is 0 Å². The molecule has 1 aromatic rings. The molecule has 4 nitrogen and oxygen atoms in total. The minimum Gasteiger partial charge on any atom is -0.395 e. The number of hydrogen-bond donors (Lipinski definition) is 2. The van der Waals surface area contributed by atoms with E-state index < -0.39 is 0 Å². The molecule has 0 aromatic carbocycles. The summed E-state index contributed by atoms with van der Waals surface area (Å²) in [6.45, 7) is 5.90. The van der Waals surface area contributed by atoms with Crippen LogP contribution in [0.1, 0.15) is 30.8 Å². The summed E-state index contributed by atoms with van der Waals surface area (Å²) in [6.07, 6.45) is 1.96. The van der Waals surface area contributed by atoms with Crippen molar-refractivity contribution in [3.63, 3.8) is 0 Å². The molecule has 0 atom stereocenters. The van der Waals surface area contributed by atoms with E-state index in [9.17, 15) is 0 Å². The summed E-state index contributed by atoms with van der Waals surface area (Å²) in [7, 11) is 1.99. The van der Waals surface area contributed by atoms with Crippen molar-refractivity contribution in [1.29, 1.82) is 0 Å². The average molecular weight is 211 g/mol. The van der Waals surface area contributed by atoms with E-state index >= 15 is 0 Å². The molecule has 0 aliphatic heterocycles. The Morgan fingerprint density at radius 3 is 2.60 bits per heavy atom. The van der Waals surface area contributed by atoms with Gasteiger partial charge in [0.15, 0.2) is 0 Å². The van der Waals surface area contributed by atoms with Crippen LogP contribution in [0, 0.1) is 0 Å². The minimum atomic E-state index is 0.184. The van der Waals surface area contributed by atoms with E-state index in [2.05, 4.69) is 24.3 Å². The van der Waals surface area contributed by atoms with Gasteiger partial charge in [0, 0.05) is 31.4 Å². The highest BCUT2D eigenvalue weighted by molar-refractivity contribution is 5.26. The van der Waals surface area contributed by atoms with Gasteiger partial charge in [-0.3, -0.25) is 4.68 Å². The zero-order valence-electron chi connectivity index (χ0n) is 9.88. The molecule has 0 unspecified atom stereocenters. The van der Waals surface area contributed by atoms with Gasteiger partial charge in [0.1, 0.15) is 0 Å². The van der Waals surface area contributed by atoms with Crippen molar-refractivity contribution < 1.29 is 5.11 Å². The fourth-order valence-corrected chi connectivity index (χ4v) is 1.89. The molecule has 0 saturated heterocycles. The van der Waals surface area contributed by atoms with Crippen LogP contribution >= 0.6 is 0 Å². The normalized spacial score (nSPS) is 10.9. The maximum absolute atomic E-state index is 8.72. The van der Waals surface area contributed by atoms with Crippen molar-refractivity contribution in [2.45, 2.75) is 33.2 Å². The van der Waals surface area contributed by atoms with Crippen LogP contribution < -0.4 is 5.32 Å². The smallest absolute Gasteiger partial charge is 0.0669 e. The lowest BCUT2D eigenvalue weighted by atomic mass is 10.1. The minimum absolute atomic E-state index is 0.184. The summed E-state index contributed by atoms with van der Waals surface area (Å²) < 4.78 is 1.97. The van der Waals surface area contributed by atoms with Gasteiger partial charge in [-0.2, -0.15) is 5.10 Å². The molecule has 2 N–H and O–H groups in total. The SMILES string of the molecule is CCc1nn(C)c(CC)c1CNCCO. The highest BCUT2D eigenvalue weighted by Crippen LogP contribution is 2.14. The summed E-state index contributed by atoms with van der Waals surface area (Å²) in [5.41, 5.74) is 3.76. The van der Waals surface area contributed by atoms with Crippen LogP contribution in [0.5, 0.6) is 0 Å². The van der Waals surface area contributed by atoms with Crippen molar-refractivity contribution in [1.82, 2.24) is 15.1 Å². The Morgan fingerprint density at radius 2 is 2.07 bits per heavy atom. The molecule has 1 rings (SSSR count). The maximum atomic E-state index is 8.72. The Labute approximate surface area is 91.3 Å². The number of nitrogens with zero attached hydrogens (tertiary/aromatic N) is 2. The Kier molecular flexibility index (Phi) is 4.78. The van der Waals surface area contributed by atoms with E-state index in [1.54, 1.807) is 0 Å². The number of aliphatic hydroxyl groups is 1. The number of aliphatic hydroxyl groups excluding tert-OH is 1. The van der Waals surface area contributed by atoms with E-state index in [4.69, 9.17) is 5.11 Å². The maximum Gasteiger partial charge on any atom is 0.0669 e. The Hall–Kier alpha value is -0.870. The summed E-state index contributed by atoms with van der Waals surface area (Å²) in [5, 5.41) is 16.4. The highest BCUT2D eigenvalue weighted by atomic mass is 16.3. The second-order valence-corrected chi connectivity index (χ2v) is 3.60. The highest BCUT2D eigenvalue weighted by Gasteiger charge is 2.12. The van der Waals surface area contributed by atoms with Crippen molar-refractivity contribution in [3.05, 3.63) is 17.0 Å². The van der Waals surface area contributed by atoms with Crippen LogP contribution in [0.25, 0.3) is 0 Å². The standard InChI is InChI=1S/C11H21N3O/c1-4-10-9(8-12-6-7-15)11(5-2)14(3)13-10/h12,15H,4-8H2,1-3H3. The number of aromatic nitrogens is 2. The zero-order chi connectivity index (χ0) is 11.3. The summed E-state index contributed by atoms with van der Waals surface area (Å²) in [6, 6.07) is 0. The number of hydrogen-bond acceptors (Lipinski definition) is 3. The quantitative estimate of drug-likeness (QED) is 0.678. The second-order valence-electron chi connectivity index (χ2n) is 3.60. The Bertz CT molecular complexity index is 307. The van der Waals surface area contributed by atoms with E-state index in [0.29, 0.717) is 6.54 Å². The van der Waals surface area contributed by atoms with Gasteiger partial charge in [0.05, 0.1) is 12.3 Å². The summed E-state index contributed by atoms with van der Waals surface area (Å²) in [5.74, 6) is 0. The van der Waals surface area contributed by atoms with Crippen LogP contribution in [0.2, 0.25) is 0 Å². The van der Waals surface area contributed by atoms with Gasteiger partial charge in [0.2, 0.25) is 0 Å². The molecular weight excluding hydrogens is 190 g/mol. The van der Waals surface area contributed by atoms with Gasteiger partial charge in [-0.05, 0) is 12.8 Å². The van der Waals surface area contributed by atoms with Gasteiger partial charge >= 0.3 is 0 Å². The molecule has 1 aromatic heterocycles. The van der Waals surface area contributed by atoms with Crippen molar-refractivity contribution >= 4 is 0 Å². The number of rotatable bonds is 6. The van der Waals surface area contributed by atoms with Gasteiger partial charge in [-0.1, -0.05) is 13.8 Å². The number of nitrogens with one attached hydrogen (secondary N) is 1. The third-order valence-corrected chi connectivity index (χ3v) is 2.62. The van der Waals surface area contributed by atoms with Crippen LogP contribution in [-0.2, 0) is 26.4 Å². The van der Waals surface area contributed by atoms with Crippen molar-refractivity contribution in [2.75, 3.05) is 13.2 Å². The largest absolute Gasteiger partial charge is 0.395 e. The molecule has 0 fully saturated rings. The van der Waals surface area contributed by atoms with Crippen molar-refractivity contribution in [2.24, 2.45) is 7.05 Å². The van der Waals surface area contributed by atoms with E-state index in [-0.39, 0.29) is 6.61 Å². The molecule has 0 amide bonds. The predicted molar refractivity (Wildman–Crippen MR) is 60.8 cm³/mol. The third kappa shape index (κ3) is 2.79. The Morgan fingerprint density at radius 1 is 1.33 bits per heavy atom. The third-order valence-electron chi connectivity index (χ3n) is 2.62. The van der Waals surface area contributed by atoms with Gasteiger partial charge < -0.3 is 10.4 Å². The molecule has 0 radical (unpaired) electrons. The second kappa shape index (κ2) is 5.88. The lowest BCUT2D eigenvalue weighted by Gasteiger charge is -2.05. The molecule has 0 saturated carbocycles. The fraction of sp³-hybridized carbons (Fsp3) is 0.727. The fourth-order valence-electron chi connectivity index (χ4n) is 1.89. The first kappa shape index (κ1) is 12.2. The van der Waals surface area contributed by atoms with E-state index in [1.165, 1.54) is 17.0 Å². The lowest BCUT2D eigenvalue weighted by molar-refractivity contribution is 0.292. The molecule has 0 aliphatic carbocycles.